The smallest absolute Gasteiger partial charge is 0.264 e. The molecule has 32 heavy (non-hydrogen) atoms. The van der Waals surface area contributed by atoms with E-state index in [2.05, 4.69) is 5.32 Å². The van der Waals surface area contributed by atoms with E-state index in [9.17, 15) is 13.2 Å². The molecule has 0 fully saturated rings. The van der Waals surface area contributed by atoms with Crippen LogP contribution in [0.25, 0.3) is 0 Å². The Labute approximate surface area is 188 Å². The van der Waals surface area contributed by atoms with E-state index < -0.39 is 22.5 Å². The minimum Gasteiger partial charge on any atom is -0.497 e. The van der Waals surface area contributed by atoms with E-state index >= 15 is 0 Å². The van der Waals surface area contributed by atoms with Crippen molar-refractivity contribution in [2.45, 2.75) is 18.7 Å². The molecule has 0 saturated carbocycles. The first-order valence-corrected chi connectivity index (χ1v) is 11.4. The van der Waals surface area contributed by atoms with Gasteiger partial charge in [0.1, 0.15) is 18.0 Å². The van der Waals surface area contributed by atoms with E-state index in [-0.39, 0.29) is 10.6 Å². The normalized spacial score (nSPS) is 11.0. The Balaban J connectivity index is 2.04. The predicted octanol–water partition coefficient (Wildman–Crippen LogP) is 4.15. The van der Waals surface area contributed by atoms with E-state index in [4.69, 9.17) is 9.47 Å². The SMILES string of the molecule is COc1ccc(OC)c(N(CC(=O)Nc2cc(C)cc(C)c2)S(=O)(=O)c2ccccc2)c1. The number of ether oxygens (including phenoxy) is 2. The maximum Gasteiger partial charge on any atom is 0.264 e. The standard InChI is InChI=1S/C24H26N2O5S/c1-17-12-18(2)14-19(13-17)25-24(27)16-26(32(28,29)21-8-6-5-7-9-21)22-15-20(30-3)10-11-23(22)31-4/h5-15H,16H2,1-4H3,(H,25,27). The van der Waals surface area contributed by atoms with Crippen molar-refractivity contribution < 1.29 is 22.7 Å². The molecule has 1 N–H and O–H groups in total. The number of amides is 1. The second-order valence-corrected chi connectivity index (χ2v) is 9.15. The lowest BCUT2D eigenvalue weighted by Crippen LogP contribution is -2.38. The number of nitrogens with one attached hydrogen (secondary N) is 1. The summed E-state index contributed by atoms with van der Waals surface area (Å²) in [6, 6.07) is 18.4. The zero-order chi connectivity index (χ0) is 23.3. The Bertz CT molecular complexity index is 1190. The molecule has 0 bridgehead atoms. The van der Waals surface area contributed by atoms with Gasteiger partial charge in [0.2, 0.25) is 5.91 Å². The second kappa shape index (κ2) is 9.74. The number of carbonyl (C=O) groups excluding carboxylic acids is 1. The van der Waals surface area contributed by atoms with Crippen LogP contribution in [0, 0.1) is 13.8 Å². The van der Waals surface area contributed by atoms with Crippen molar-refractivity contribution in [3.63, 3.8) is 0 Å². The van der Waals surface area contributed by atoms with Gasteiger partial charge in [-0.3, -0.25) is 9.10 Å². The lowest BCUT2D eigenvalue weighted by atomic mass is 10.1. The number of nitrogens with zero attached hydrogens (tertiary/aromatic N) is 1. The van der Waals surface area contributed by atoms with Gasteiger partial charge in [0.25, 0.3) is 10.0 Å². The molecule has 0 aliphatic rings. The molecule has 8 heteroatoms. The predicted molar refractivity (Wildman–Crippen MR) is 125 cm³/mol. The van der Waals surface area contributed by atoms with Gasteiger partial charge in [-0.25, -0.2) is 8.42 Å². The molecule has 3 aromatic carbocycles. The third-order valence-electron chi connectivity index (χ3n) is 4.78. The fourth-order valence-corrected chi connectivity index (χ4v) is 4.83. The van der Waals surface area contributed by atoms with E-state index in [1.807, 2.05) is 32.0 Å². The van der Waals surface area contributed by atoms with Crippen molar-refractivity contribution in [1.29, 1.82) is 0 Å². The number of anilines is 2. The van der Waals surface area contributed by atoms with Crippen LogP contribution in [0.4, 0.5) is 11.4 Å². The molecule has 0 heterocycles. The number of hydrogen-bond acceptors (Lipinski definition) is 5. The van der Waals surface area contributed by atoms with Crippen LogP contribution in [0.2, 0.25) is 0 Å². The fraction of sp³-hybridized carbons (Fsp3) is 0.208. The van der Waals surface area contributed by atoms with Crippen molar-refractivity contribution in [3.05, 3.63) is 77.9 Å². The molecule has 7 nitrogen and oxygen atoms in total. The average molecular weight is 455 g/mol. The minimum absolute atomic E-state index is 0.0593. The molecule has 0 aliphatic carbocycles. The number of hydrogen-bond donors (Lipinski definition) is 1. The third kappa shape index (κ3) is 5.20. The highest BCUT2D eigenvalue weighted by molar-refractivity contribution is 7.92. The lowest BCUT2D eigenvalue weighted by Gasteiger charge is -2.26. The lowest BCUT2D eigenvalue weighted by molar-refractivity contribution is -0.114. The summed E-state index contributed by atoms with van der Waals surface area (Å²) in [4.78, 5) is 13.0. The summed E-state index contributed by atoms with van der Waals surface area (Å²) in [6.45, 7) is 3.40. The molecule has 3 rings (SSSR count). The first kappa shape index (κ1) is 23.1. The van der Waals surface area contributed by atoms with Gasteiger partial charge in [-0.15, -0.1) is 0 Å². The van der Waals surface area contributed by atoms with Crippen molar-refractivity contribution in [2.24, 2.45) is 0 Å². The first-order chi connectivity index (χ1) is 15.2. The van der Waals surface area contributed by atoms with Crippen molar-refractivity contribution in [3.8, 4) is 11.5 Å². The van der Waals surface area contributed by atoms with Gasteiger partial charge in [0.15, 0.2) is 0 Å². The summed E-state index contributed by atoms with van der Waals surface area (Å²) in [5.74, 6) is 0.243. The summed E-state index contributed by atoms with van der Waals surface area (Å²) in [5.41, 5.74) is 2.78. The van der Waals surface area contributed by atoms with Gasteiger partial charge >= 0.3 is 0 Å². The number of aryl methyl sites for hydroxylation is 2. The van der Waals surface area contributed by atoms with Crippen LogP contribution in [-0.4, -0.2) is 35.1 Å². The minimum atomic E-state index is -4.08. The molecule has 0 aliphatic heterocycles. The molecule has 0 radical (unpaired) electrons. The summed E-state index contributed by atoms with van der Waals surface area (Å²) >= 11 is 0. The van der Waals surface area contributed by atoms with Crippen LogP contribution in [0.15, 0.2) is 71.6 Å². The van der Waals surface area contributed by atoms with Crippen LogP contribution in [0.5, 0.6) is 11.5 Å². The quantitative estimate of drug-likeness (QED) is 0.553. The zero-order valence-corrected chi connectivity index (χ0v) is 19.3. The average Bonchev–Trinajstić information content (AvgIpc) is 2.76. The summed E-state index contributed by atoms with van der Waals surface area (Å²) in [7, 11) is -1.16. The third-order valence-corrected chi connectivity index (χ3v) is 6.55. The van der Waals surface area contributed by atoms with E-state index in [1.165, 1.54) is 32.4 Å². The summed E-state index contributed by atoms with van der Waals surface area (Å²) < 4.78 is 38.8. The molecule has 0 saturated heterocycles. The second-order valence-electron chi connectivity index (χ2n) is 7.29. The Kier molecular flexibility index (Phi) is 7.05. The summed E-state index contributed by atoms with van der Waals surface area (Å²) in [6.07, 6.45) is 0. The van der Waals surface area contributed by atoms with Crippen LogP contribution in [-0.2, 0) is 14.8 Å². The van der Waals surface area contributed by atoms with E-state index in [1.54, 1.807) is 30.3 Å². The molecule has 1 amide bonds. The highest BCUT2D eigenvalue weighted by atomic mass is 32.2. The van der Waals surface area contributed by atoms with Crippen molar-refractivity contribution >= 4 is 27.3 Å². The molecule has 0 spiro atoms. The topological polar surface area (TPSA) is 84.9 Å². The van der Waals surface area contributed by atoms with Gasteiger partial charge in [0.05, 0.1) is 24.8 Å². The largest absolute Gasteiger partial charge is 0.497 e. The summed E-state index contributed by atoms with van der Waals surface area (Å²) in [5, 5.41) is 2.80. The molecular formula is C24H26N2O5S. The number of rotatable bonds is 8. The van der Waals surface area contributed by atoms with Gasteiger partial charge in [-0.05, 0) is 61.4 Å². The van der Waals surface area contributed by atoms with Crippen LogP contribution >= 0.6 is 0 Å². The number of carbonyl (C=O) groups is 1. The van der Waals surface area contributed by atoms with E-state index in [0.717, 1.165) is 15.4 Å². The number of sulfonamides is 1. The highest BCUT2D eigenvalue weighted by Gasteiger charge is 2.30. The Morgan fingerprint density at radius 3 is 2.16 bits per heavy atom. The van der Waals surface area contributed by atoms with Gasteiger partial charge in [-0.1, -0.05) is 24.3 Å². The van der Waals surface area contributed by atoms with Gasteiger partial charge in [0, 0.05) is 11.8 Å². The highest BCUT2D eigenvalue weighted by Crippen LogP contribution is 2.35. The Hall–Kier alpha value is -3.52. The molecule has 3 aromatic rings. The molecule has 168 valence electrons. The first-order valence-electron chi connectivity index (χ1n) is 9.92. The van der Waals surface area contributed by atoms with Gasteiger partial charge in [-0.2, -0.15) is 0 Å². The van der Waals surface area contributed by atoms with Crippen LogP contribution in [0.3, 0.4) is 0 Å². The number of methoxy groups -OCH3 is 2. The van der Waals surface area contributed by atoms with Gasteiger partial charge < -0.3 is 14.8 Å². The van der Waals surface area contributed by atoms with Crippen LogP contribution < -0.4 is 19.1 Å². The maximum absolute atomic E-state index is 13.5. The molecule has 0 aromatic heterocycles. The zero-order valence-electron chi connectivity index (χ0n) is 18.5. The molecule has 0 atom stereocenters. The Morgan fingerprint density at radius 2 is 1.56 bits per heavy atom. The van der Waals surface area contributed by atoms with E-state index in [0.29, 0.717) is 17.2 Å². The monoisotopic (exact) mass is 454 g/mol. The Morgan fingerprint density at radius 1 is 0.906 bits per heavy atom. The van der Waals surface area contributed by atoms with Crippen LogP contribution in [0.1, 0.15) is 11.1 Å². The number of benzene rings is 3. The van der Waals surface area contributed by atoms with Crippen molar-refractivity contribution in [2.75, 3.05) is 30.4 Å². The van der Waals surface area contributed by atoms with Crippen molar-refractivity contribution in [1.82, 2.24) is 0 Å². The molecular weight excluding hydrogens is 428 g/mol. The maximum atomic E-state index is 13.5. The molecule has 0 unspecified atom stereocenters. The fourth-order valence-electron chi connectivity index (χ4n) is 3.39.